The second kappa shape index (κ2) is 7.64. The first-order valence-corrected chi connectivity index (χ1v) is 10.4. The van der Waals surface area contributed by atoms with Gasteiger partial charge in [-0.1, -0.05) is 19.1 Å². The number of piperidine rings is 1. The first-order chi connectivity index (χ1) is 13.2. The van der Waals surface area contributed by atoms with E-state index in [1.165, 1.54) is 24.8 Å². The summed E-state index contributed by atoms with van der Waals surface area (Å²) in [7, 11) is 0. The van der Waals surface area contributed by atoms with Gasteiger partial charge in [0, 0.05) is 23.7 Å². The van der Waals surface area contributed by atoms with Crippen LogP contribution in [0.3, 0.4) is 0 Å². The molecule has 3 heterocycles. The molecule has 1 aromatic carbocycles. The Kier molecular flexibility index (Phi) is 5.07. The van der Waals surface area contributed by atoms with Crippen molar-refractivity contribution < 1.29 is 4.79 Å². The van der Waals surface area contributed by atoms with Gasteiger partial charge in [0.25, 0.3) is 5.91 Å². The van der Waals surface area contributed by atoms with E-state index in [0.29, 0.717) is 5.56 Å². The Morgan fingerprint density at radius 2 is 2.04 bits per heavy atom. The molecule has 0 spiro atoms. The SMILES string of the molecule is CCc1cccc(NC(=O)c2c(C)sc3ncnc(N4CCCCC4)c23)c1. The van der Waals surface area contributed by atoms with Gasteiger partial charge in [-0.05, 0) is 50.3 Å². The molecular formula is C21H24N4OS. The third-order valence-corrected chi connectivity index (χ3v) is 6.13. The van der Waals surface area contributed by atoms with Crippen LogP contribution in [0.15, 0.2) is 30.6 Å². The van der Waals surface area contributed by atoms with Crippen molar-refractivity contribution in [3.05, 3.63) is 46.6 Å². The molecule has 2 aromatic heterocycles. The van der Waals surface area contributed by atoms with Crippen molar-refractivity contribution in [3.63, 3.8) is 0 Å². The molecular weight excluding hydrogens is 356 g/mol. The van der Waals surface area contributed by atoms with Crippen LogP contribution >= 0.6 is 11.3 Å². The smallest absolute Gasteiger partial charge is 0.257 e. The quantitative estimate of drug-likeness (QED) is 0.706. The summed E-state index contributed by atoms with van der Waals surface area (Å²) in [4.78, 5) is 26.3. The maximum absolute atomic E-state index is 13.2. The molecule has 0 aliphatic carbocycles. The number of fused-ring (bicyclic) bond motifs is 1. The zero-order valence-electron chi connectivity index (χ0n) is 15.8. The van der Waals surface area contributed by atoms with Crippen LogP contribution in [0.2, 0.25) is 0 Å². The summed E-state index contributed by atoms with van der Waals surface area (Å²) in [5, 5.41) is 3.97. The van der Waals surface area contributed by atoms with E-state index >= 15 is 0 Å². The lowest BCUT2D eigenvalue weighted by Gasteiger charge is -2.28. The number of rotatable bonds is 4. The maximum Gasteiger partial charge on any atom is 0.257 e. The van der Waals surface area contributed by atoms with Crippen molar-refractivity contribution in [2.24, 2.45) is 0 Å². The fourth-order valence-electron chi connectivity index (χ4n) is 3.71. The lowest BCUT2D eigenvalue weighted by molar-refractivity contribution is 0.102. The van der Waals surface area contributed by atoms with Gasteiger partial charge < -0.3 is 10.2 Å². The third-order valence-electron chi connectivity index (χ3n) is 5.12. The summed E-state index contributed by atoms with van der Waals surface area (Å²) in [6.45, 7) is 6.07. The number of nitrogens with zero attached hydrogens (tertiary/aromatic N) is 3. The van der Waals surface area contributed by atoms with Gasteiger partial charge in [0.2, 0.25) is 0 Å². The monoisotopic (exact) mass is 380 g/mol. The molecule has 5 nitrogen and oxygen atoms in total. The molecule has 3 aromatic rings. The molecule has 0 saturated carbocycles. The van der Waals surface area contributed by atoms with Gasteiger partial charge in [-0.2, -0.15) is 0 Å². The van der Waals surface area contributed by atoms with Crippen LogP contribution in [0.1, 0.15) is 47.0 Å². The molecule has 1 fully saturated rings. The Labute approximate surface area is 163 Å². The van der Waals surface area contributed by atoms with E-state index in [-0.39, 0.29) is 5.91 Å². The highest BCUT2D eigenvalue weighted by molar-refractivity contribution is 7.19. The predicted molar refractivity (Wildman–Crippen MR) is 112 cm³/mol. The van der Waals surface area contributed by atoms with Crippen LogP contribution in [0, 0.1) is 6.92 Å². The van der Waals surface area contributed by atoms with Crippen molar-refractivity contribution in [1.29, 1.82) is 0 Å². The largest absolute Gasteiger partial charge is 0.356 e. The van der Waals surface area contributed by atoms with Crippen LogP contribution in [-0.2, 0) is 6.42 Å². The number of carbonyl (C=O) groups excluding carboxylic acids is 1. The van der Waals surface area contributed by atoms with E-state index < -0.39 is 0 Å². The minimum Gasteiger partial charge on any atom is -0.356 e. The minimum atomic E-state index is -0.0833. The molecule has 0 bridgehead atoms. The van der Waals surface area contributed by atoms with E-state index in [0.717, 1.165) is 46.1 Å². The standard InChI is InChI=1S/C21H24N4OS/c1-3-15-8-7-9-16(12-15)24-20(26)17-14(2)27-21-18(17)19(22-13-23-21)25-10-5-4-6-11-25/h7-9,12-13H,3-6,10-11H2,1-2H3,(H,24,26). The average molecular weight is 381 g/mol. The molecule has 27 heavy (non-hydrogen) atoms. The van der Waals surface area contributed by atoms with Gasteiger partial charge in [-0.3, -0.25) is 4.79 Å². The van der Waals surface area contributed by atoms with Crippen molar-refractivity contribution >= 4 is 39.0 Å². The van der Waals surface area contributed by atoms with Gasteiger partial charge in [0.1, 0.15) is 17.0 Å². The van der Waals surface area contributed by atoms with Gasteiger partial charge in [-0.25, -0.2) is 9.97 Å². The van der Waals surface area contributed by atoms with Crippen LogP contribution in [0.25, 0.3) is 10.2 Å². The number of aryl methyl sites for hydroxylation is 2. The molecule has 1 amide bonds. The number of aromatic nitrogens is 2. The van der Waals surface area contributed by atoms with Gasteiger partial charge >= 0.3 is 0 Å². The average Bonchev–Trinajstić information content (AvgIpc) is 3.04. The molecule has 4 rings (SSSR count). The predicted octanol–water partition coefficient (Wildman–Crippen LogP) is 4.80. The van der Waals surface area contributed by atoms with Crippen molar-refractivity contribution in [2.75, 3.05) is 23.3 Å². The molecule has 0 atom stereocenters. The number of nitrogens with one attached hydrogen (secondary N) is 1. The van der Waals surface area contributed by atoms with E-state index in [1.54, 1.807) is 17.7 Å². The number of thiophene rings is 1. The highest BCUT2D eigenvalue weighted by Crippen LogP contribution is 2.36. The maximum atomic E-state index is 13.2. The lowest BCUT2D eigenvalue weighted by Crippen LogP contribution is -2.30. The first-order valence-electron chi connectivity index (χ1n) is 9.56. The Morgan fingerprint density at radius 1 is 1.22 bits per heavy atom. The number of hydrogen-bond acceptors (Lipinski definition) is 5. The Hall–Kier alpha value is -2.47. The second-order valence-electron chi connectivity index (χ2n) is 6.97. The fraction of sp³-hybridized carbons (Fsp3) is 0.381. The Balaban J connectivity index is 1.73. The topological polar surface area (TPSA) is 58.1 Å². The highest BCUT2D eigenvalue weighted by atomic mass is 32.1. The summed E-state index contributed by atoms with van der Waals surface area (Å²) < 4.78 is 0. The van der Waals surface area contributed by atoms with E-state index in [4.69, 9.17) is 0 Å². The summed E-state index contributed by atoms with van der Waals surface area (Å²) in [5.74, 6) is 0.816. The normalized spacial score (nSPS) is 14.5. The molecule has 0 unspecified atom stereocenters. The number of benzene rings is 1. The fourth-order valence-corrected chi connectivity index (χ4v) is 4.69. The second-order valence-corrected chi connectivity index (χ2v) is 8.17. The summed E-state index contributed by atoms with van der Waals surface area (Å²) in [5.41, 5.74) is 2.74. The minimum absolute atomic E-state index is 0.0833. The molecule has 140 valence electrons. The molecule has 1 aliphatic heterocycles. The molecule has 0 radical (unpaired) electrons. The number of amides is 1. The van der Waals surface area contributed by atoms with Crippen molar-refractivity contribution in [2.45, 2.75) is 39.5 Å². The third kappa shape index (κ3) is 3.54. The van der Waals surface area contributed by atoms with Gasteiger partial charge in [0.15, 0.2) is 0 Å². The van der Waals surface area contributed by atoms with Gasteiger partial charge in [0.05, 0.1) is 10.9 Å². The zero-order chi connectivity index (χ0) is 18.8. The number of hydrogen-bond donors (Lipinski definition) is 1. The van der Waals surface area contributed by atoms with Crippen LogP contribution in [0.5, 0.6) is 0 Å². The summed E-state index contributed by atoms with van der Waals surface area (Å²) in [6, 6.07) is 8.02. The molecule has 1 aliphatic rings. The Bertz CT molecular complexity index is 975. The lowest BCUT2D eigenvalue weighted by atomic mass is 10.1. The highest BCUT2D eigenvalue weighted by Gasteiger charge is 2.24. The van der Waals surface area contributed by atoms with E-state index in [1.807, 2.05) is 25.1 Å². The van der Waals surface area contributed by atoms with E-state index in [2.05, 4.69) is 33.2 Å². The van der Waals surface area contributed by atoms with Crippen LogP contribution in [-0.4, -0.2) is 29.0 Å². The van der Waals surface area contributed by atoms with Crippen LogP contribution in [0.4, 0.5) is 11.5 Å². The van der Waals surface area contributed by atoms with Crippen molar-refractivity contribution in [1.82, 2.24) is 9.97 Å². The number of anilines is 2. The number of carbonyl (C=O) groups is 1. The Morgan fingerprint density at radius 3 is 2.81 bits per heavy atom. The van der Waals surface area contributed by atoms with Gasteiger partial charge in [-0.15, -0.1) is 11.3 Å². The van der Waals surface area contributed by atoms with Crippen LogP contribution < -0.4 is 10.2 Å². The van der Waals surface area contributed by atoms with Crippen molar-refractivity contribution in [3.8, 4) is 0 Å². The van der Waals surface area contributed by atoms with E-state index in [9.17, 15) is 4.79 Å². The molecule has 1 saturated heterocycles. The molecule has 6 heteroatoms. The summed E-state index contributed by atoms with van der Waals surface area (Å²) >= 11 is 1.56. The summed E-state index contributed by atoms with van der Waals surface area (Å²) in [6.07, 6.45) is 6.15. The molecule has 1 N–H and O–H groups in total. The zero-order valence-corrected chi connectivity index (χ0v) is 16.6. The first kappa shape index (κ1) is 17.9.